The summed E-state index contributed by atoms with van der Waals surface area (Å²) in [6, 6.07) is 1.60. The first-order chi connectivity index (χ1) is 7.13. The fraction of sp³-hybridized carbons (Fsp3) is 0.300. The highest BCUT2D eigenvalue weighted by molar-refractivity contribution is 5.90. The normalized spacial score (nSPS) is 10.8. The molecule has 0 amide bonds. The van der Waals surface area contributed by atoms with E-state index < -0.39 is 5.97 Å². The zero-order valence-corrected chi connectivity index (χ0v) is 8.56. The number of aromatic carboxylic acids is 1. The topological polar surface area (TPSA) is 68.0 Å². The molecule has 78 valence electrons. The molecule has 0 radical (unpaired) electrons. The minimum atomic E-state index is -1.00. The third-order valence-electron chi connectivity index (χ3n) is 2.38. The first kappa shape index (κ1) is 9.64. The van der Waals surface area contributed by atoms with Gasteiger partial charge in [-0.25, -0.2) is 9.78 Å². The van der Waals surface area contributed by atoms with Crippen LogP contribution < -0.4 is 0 Å². The fourth-order valence-electron chi connectivity index (χ4n) is 1.65. The summed E-state index contributed by atoms with van der Waals surface area (Å²) in [5, 5.41) is 12.9. The monoisotopic (exact) mass is 205 g/mol. The zero-order valence-electron chi connectivity index (χ0n) is 8.56. The third-order valence-corrected chi connectivity index (χ3v) is 2.38. The van der Waals surface area contributed by atoms with Crippen LogP contribution in [0.25, 0.3) is 11.0 Å². The molecule has 15 heavy (non-hydrogen) atoms. The summed E-state index contributed by atoms with van der Waals surface area (Å²) in [4.78, 5) is 14.9. The Balaban J connectivity index is 2.79. The van der Waals surface area contributed by atoms with Crippen LogP contribution in [-0.2, 0) is 13.5 Å². The molecule has 0 unspecified atom stereocenters. The number of aryl methyl sites for hydroxylation is 2. The number of pyridine rings is 1. The molecule has 0 aromatic carbocycles. The Morgan fingerprint density at radius 2 is 2.33 bits per heavy atom. The van der Waals surface area contributed by atoms with Gasteiger partial charge in [-0.3, -0.25) is 4.68 Å². The first-order valence-corrected chi connectivity index (χ1v) is 4.68. The molecule has 0 aliphatic rings. The maximum atomic E-state index is 10.8. The van der Waals surface area contributed by atoms with Crippen LogP contribution in [-0.4, -0.2) is 25.8 Å². The lowest BCUT2D eigenvalue weighted by atomic mass is 10.1. The molecule has 0 aliphatic carbocycles. The summed E-state index contributed by atoms with van der Waals surface area (Å²) in [5.41, 5.74) is 2.57. The van der Waals surface area contributed by atoms with E-state index in [0.29, 0.717) is 5.52 Å². The number of aromatic nitrogens is 3. The number of fused-ring (bicyclic) bond motifs is 1. The minimum absolute atomic E-state index is 0.0763. The Labute approximate surface area is 86.4 Å². The Hall–Kier alpha value is -1.91. The summed E-state index contributed by atoms with van der Waals surface area (Å²) in [6.07, 6.45) is 2.35. The van der Waals surface area contributed by atoms with Gasteiger partial charge in [0, 0.05) is 7.05 Å². The third kappa shape index (κ3) is 1.45. The summed E-state index contributed by atoms with van der Waals surface area (Å²) in [7, 11) is 1.82. The molecule has 5 nitrogen and oxygen atoms in total. The average Bonchev–Trinajstić information content (AvgIpc) is 2.59. The van der Waals surface area contributed by atoms with Crippen molar-refractivity contribution in [1.29, 1.82) is 0 Å². The lowest BCUT2D eigenvalue weighted by Gasteiger charge is -2.03. The number of hydrogen-bond acceptors (Lipinski definition) is 3. The largest absolute Gasteiger partial charge is 0.477 e. The second-order valence-electron chi connectivity index (χ2n) is 3.33. The van der Waals surface area contributed by atoms with E-state index in [2.05, 4.69) is 10.1 Å². The molecule has 2 heterocycles. The molecular weight excluding hydrogens is 194 g/mol. The van der Waals surface area contributed by atoms with Crippen molar-refractivity contribution in [2.45, 2.75) is 13.3 Å². The summed E-state index contributed by atoms with van der Waals surface area (Å²) < 4.78 is 1.72. The van der Waals surface area contributed by atoms with Gasteiger partial charge in [0.05, 0.1) is 11.7 Å². The van der Waals surface area contributed by atoms with E-state index in [9.17, 15) is 4.79 Å². The van der Waals surface area contributed by atoms with Gasteiger partial charge < -0.3 is 5.11 Å². The fourth-order valence-corrected chi connectivity index (χ4v) is 1.65. The van der Waals surface area contributed by atoms with Crippen molar-refractivity contribution in [2.24, 2.45) is 7.05 Å². The van der Waals surface area contributed by atoms with Crippen LogP contribution in [0, 0.1) is 0 Å². The molecule has 0 aliphatic heterocycles. The SMILES string of the molecule is CCc1cc(C(=O)O)nc2cnn(C)c12. The Bertz CT molecular complexity index is 531. The van der Waals surface area contributed by atoms with Gasteiger partial charge in [0.25, 0.3) is 0 Å². The average molecular weight is 205 g/mol. The number of carbonyl (C=O) groups is 1. The first-order valence-electron chi connectivity index (χ1n) is 4.68. The van der Waals surface area contributed by atoms with E-state index in [4.69, 9.17) is 5.11 Å². The van der Waals surface area contributed by atoms with Crippen LogP contribution in [0.1, 0.15) is 23.0 Å². The highest BCUT2D eigenvalue weighted by Crippen LogP contribution is 2.18. The molecule has 0 spiro atoms. The van der Waals surface area contributed by atoms with Gasteiger partial charge in [-0.1, -0.05) is 6.92 Å². The lowest BCUT2D eigenvalue weighted by molar-refractivity contribution is 0.0691. The lowest BCUT2D eigenvalue weighted by Crippen LogP contribution is -2.03. The van der Waals surface area contributed by atoms with Gasteiger partial charge in [-0.2, -0.15) is 5.10 Å². The predicted octanol–water partition coefficient (Wildman–Crippen LogP) is 1.23. The van der Waals surface area contributed by atoms with Crippen LogP contribution in [0.4, 0.5) is 0 Å². The van der Waals surface area contributed by atoms with Gasteiger partial charge in [0.2, 0.25) is 0 Å². The Morgan fingerprint density at radius 3 is 2.93 bits per heavy atom. The minimum Gasteiger partial charge on any atom is -0.477 e. The Kier molecular flexibility index (Phi) is 2.15. The van der Waals surface area contributed by atoms with E-state index in [1.54, 1.807) is 16.9 Å². The highest BCUT2D eigenvalue weighted by Gasteiger charge is 2.12. The molecule has 0 atom stereocenters. The molecule has 0 saturated carbocycles. The quantitative estimate of drug-likeness (QED) is 0.800. The van der Waals surface area contributed by atoms with E-state index in [1.165, 1.54) is 0 Å². The molecule has 0 bridgehead atoms. The van der Waals surface area contributed by atoms with Gasteiger partial charge in [0.1, 0.15) is 11.2 Å². The highest BCUT2D eigenvalue weighted by atomic mass is 16.4. The van der Waals surface area contributed by atoms with Gasteiger partial charge in [0.15, 0.2) is 0 Å². The Morgan fingerprint density at radius 1 is 1.60 bits per heavy atom. The van der Waals surface area contributed by atoms with E-state index >= 15 is 0 Å². The molecule has 2 rings (SSSR count). The summed E-state index contributed by atoms with van der Waals surface area (Å²) in [5.74, 6) is -1.00. The van der Waals surface area contributed by atoms with Crippen molar-refractivity contribution in [2.75, 3.05) is 0 Å². The number of rotatable bonds is 2. The van der Waals surface area contributed by atoms with E-state index in [-0.39, 0.29) is 5.69 Å². The van der Waals surface area contributed by atoms with Crippen molar-refractivity contribution >= 4 is 17.0 Å². The smallest absolute Gasteiger partial charge is 0.354 e. The van der Waals surface area contributed by atoms with Crippen molar-refractivity contribution in [3.63, 3.8) is 0 Å². The summed E-state index contributed by atoms with van der Waals surface area (Å²) >= 11 is 0. The van der Waals surface area contributed by atoms with Crippen LogP contribution in [0.15, 0.2) is 12.3 Å². The van der Waals surface area contributed by atoms with E-state index in [1.807, 2.05) is 14.0 Å². The molecule has 5 heteroatoms. The molecular formula is C10H11N3O2. The van der Waals surface area contributed by atoms with E-state index in [0.717, 1.165) is 17.5 Å². The van der Waals surface area contributed by atoms with Gasteiger partial charge >= 0.3 is 5.97 Å². The number of carboxylic acid groups (broad SMARTS) is 1. The molecule has 0 saturated heterocycles. The van der Waals surface area contributed by atoms with Crippen molar-refractivity contribution in [3.8, 4) is 0 Å². The molecule has 0 fully saturated rings. The van der Waals surface area contributed by atoms with Crippen molar-refractivity contribution in [3.05, 3.63) is 23.5 Å². The van der Waals surface area contributed by atoms with Crippen LogP contribution >= 0.6 is 0 Å². The van der Waals surface area contributed by atoms with Gasteiger partial charge in [-0.05, 0) is 18.1 Å². The maximum Gasteiger partial charge on any atom is 0.354 e. The molecule has 2 aromatic rings. The molecule has 2 aromatic heterocycles. The number of nitrogens with zero attached hydrogens (tertiary/aromatic N) is 3. The number of carboxylic acids is 1. The second-order valence-corrected chi connectivity index (χ2v) is 3.33. The second kappa shape index (κ2) is 3.34. The van der Waals surface area contributed by atoms with Crippen molar-refractivity contribution < 1.29 is 9.90 Å². The van der Waals surface area contributed by atoms with Crippen LogP contribution in [0.5, 0.6) is 0 Å². The molecule has 1 N–H and O–H groups in total. The summed E-state index contributed by atoms with van der Waals surface area (Å²) in [6.45, 7) is 1.98. The van der Waals surface area contributed by atoms with Crippen molar-refractivity contribution in [1.82, 2.24) is 14.8 Å². The predicted molar refractivity (Wildman–Crippen MR) is 54.8 cm³/mol. The number of hydrogen-bond donors (Lipinski definition) is 1. The van der Waals surface area contributed by atoms with Crippen LogP contribution in [0.2, 0.25) is 0 Å². The standard InChI is InChI=1S/C10H11N3O2/c1-3-6-4-7(10(14)15)12-8-5-11-13(2)9(6)8/h4-5H,3H2,1-2H3,(H,14,15). The maximum absolute atomic E-state index is 10.8. The van der Waals surface area contributed by atoms with Gasteiger partial charge in [-0.15, -0.1) is 0 Å². The zero-order chi connectivity index (χ0) is 11.0. The van der Waals surface area contributed by atoms with Crippen LogP contribution in [0.3, 0.4) is 0 Å².